The second-order valence-corrected chi connectivity index (χ2v) is 2.25. The number of aromatic carboxylic acids is 1. The zero-order valence-corrected chi connectivity index (χ0v) is 6.28. The summed E-state index contributed by atoms with van der Waals surface area (Å²) in [5.74, 6) is -1.22. The van der Waals surface area contributed by atoms with Crippen molar-refractivity contribution in [2.24, 2.45) is 0 Å². The van der Waals surface area contributed by atoms with Crippen LogP contribution in [0.15, 0.2) is 12.3 Å². The average molecular weight is 153 g/mol. The Balaban J connectivity index is 2.73. The molecule has 0 aliphatic carbocycles. The molecule has 0 bridgehead atoms. The van der Waals surface area contributed by atoms with Crippen LogP contribution in [-0.4, -0.2) is 15.7 Å². The minimum absolute atomic E-state index is 0.00144. The van der Waals surface area contributed by atoms with Crippen molar-refractivity contribution in [3.05, 3.63) is 18.0 Å². The SMILES string of the molecule is CCCn1ccc(C(=O)[O-])n1. The lowest BCUT2D eigenvalue weighted by Gasteiger charge is -1.96. The summed E-state index contributed by atoms with van der Waals surface area (Å²) in [4.78, 5) is 10.2. The van der Waals surface area contributed by atoms with Crippen LogP contribution in [0, 0.1) is 0 Å². The van der Waals surface area contributed by atoms with Crippen molar-refractivity contribution in [3.8, 4) is 0 Å². The topological polar surface area (TPSA) is 58.0 Å². The van der Waals surface area contributed by atoms with E-state index in [0.717, 1.165) is 13.0 Å². The largest absolute Gasteiger partial charge is 0.543 e. The van der Waals surface area contributed by atoms with Gasteiger partial charge in [-0.3, -0.25) is 4.68 Å². The summed E-state index contributed by atoms with van der Waals surface area (Å²) in [5.41, 5.74) is -0.00144. The van der Waals surface area contributed by atoms with E-state index in [4.69, 9.17) is 0 Å². The lowest BCUT2D eigenvalue weighted by molar-refractivity contribution is -0.255. The Hall–Kier alpha value is -1.32. The third kappa shape index (κ3) is 1.80. The molecule has 0 amide bonds. The normalized spacial score (nSPS) is 9.91. The number of aryl methyl sites for hydroxylation is 1. The number of carboxylic acids is 1. The number of aromatic nitrogens is 2. The predicted octanol–water partition coefficient (Wildman–Crippen LogP) is -0.343. The summed E-state index contributed by atoms with van der Waals surface area (Å²) in [7, 11) is 0. The summed E-state index contributed by atoms with van der Waals surface area (Å²) in [6, 6.07) is 1.44. The smallest absolute Gasteiger partial charge is 0.108 e. The van der Waals surface area contributed by atoms with Gasteiger partial charge in [0.1, 0.15) is 5.69 Å². The summed E-state index contributed by atoms with van der Waals surface area (Å²) < 4.78 is 1.59. The monoisotopic (exact) mass is 153 g/mol. The van der Waals surface area contributed by atoms with Gasteiger partial charge in [0.15, 0.2) is 0 Å². The molecular formula is C7H9N2O2-. The number of carboxylic acid groups (broad SMARTS) is 1. The van der Waals surface area contributed by atoms with Gasteiger partial charge in [0, 0.05) is 12.7 Å². The molecule has 4 nitrogen and oxygen atoms in total. The van der Waals surface area contributed by atoms with Gasteiger partial charge in [-0.15, -0.1) is 0 Å². The lowest BCUT2D eigenvalue weighted by atomic mass is 10.4. The first-order chi connectivity index (χ1) is 5.24. The zero-order valence-electron chi connectivity index (χ0n) is 6.28. The second kappa shape index (κ2) is 3.18. The molecule has 1 aromatic rings. The van der Waals surface area contributed by atoms with Crippen LogP contribution in [-0.2, 0) is 6.54 Å². The molecule has 4 heteroatoms. The fourth-order valence-electron chi connectivity index (χ4n) is 0.824. The van der Waals surface area contributed by atoms with E-state index in [1.54, 1.807) is 10.9 Å². The quantitative estimate of drug-likeness (QED) is 0.596. The van der Waals surface area contributed by atoms with Gasteiger partial charge in [0.2, 0.25) is 0 Å². The van der Waals surface area contributed by atoms with E-state index >= 15 is 0 Å². The number of carbonyl (C=O) groups excluding carboxylic acids is 1. The van der Waals surface area contributed by atoms with Gasteiger partial charge in [0.25, 0.3) is 0 Å². The standard InChI is InChI=1S/C7H10N2O2/c1-2-4-9-5-3-6(8-9)7(10)11/h3,5H,2,4H2,1H3,(H,10,11)/p-1. The van der Waals surface area contributed by atoms with Gasteiger partial charge in [-0.1, -0.05) is 6.92 Å². The van der Waals surface area contributed by atoms with E-state index in [9.17, 15) is 9.90 Å². The number of hydrogen-bond acceptors (Lipinski definition) is 3. The van der Waals surface area contributed by atoms with Crippen LogP contribution in [0.2, 0.25) is 0 Å². The first kappa shape index (κ1) is 7.78. The molecule has 1 aromatic heterocycles. The van der Waals surface area contributed by atoms with Crippen LogP contribution >= 0.6 is 0 Å². The number of carbonyl (C=O) groups is 1. The van der Waals surface area contributed by atoms with Gasteiger partial charge in [-0.25, -0.2) is 0 Å². The first-order valence-electron chi connectivity index (χ1n) is 3.49. The van der Waals surface area contributed by atoms with E-state index in [0.29, 0.717) is 0 Å². The Morgan fingerprint density at radius 1 is 1.82 bits per heavy atom. The van der Waals surface area contributed by atoms with Gasteiger partial charge >= 0.3 is 0 Å². The Morgan fingerprint density at radius 3 is 3.00 bits per heavy atom. The van der Waals surface area contributed by atoms with Crippen molar-refractivity contribution in [2.75, 3.05) is 0 Å². The van der Waals surface area contributed by atoms with Crippen molar-refractivity contribution < 1.29 is 9.90 Å². The molecule has 60 valence electrons. The third-order valence-electron chi connectivity index (χ3n) is 1.30. The number of hydrogen-bond donors (Lipinski definition) is 0. The highest BCUT2D eigenvalue weighted by atomic mass is 16.4. The molecule has 1 rings (SSSR count). The molecule has 0 aliphatic rings. The molecule has 0 saturated heterocycles. The van der Waals surface area contributed by atoms with E-state index in [2.05, 4.69) is 5.10 Å². The van der Waals surface area contributed by atoms with Crippen molar-refractivity contribution >= 4 is 5.97 Å². The molecule has 1 heterocycles. The third-order valence-corrected chi connectivity index (χ3v) is 1.30. The maximum Gasteiger partial charge on any atom is 0.108 e. The first-order valence-corrected chi connectivity index (χ1v) is 3.49. The van der Waals surface area contributed by atoms with Crippen LogP contribution in [0.25, 0.3) is 0 Å². The van der Waals surface area contributed by atoms with Gasteiger partial charge < -0.3 is 9.90 Å². The molecular weight excluding hydrogens is 144 g/mol. The molecule has 0 atom stereocenters. The van der Waals surface area contributed by atoms with E-state index in [1.807, 2.05) is 6.92 Å². The molecule has 0 unspecified atom stereocenters. The fraction of sp³-hybridized carbons (Fsp3) is 0.429. The summed E-state index contributed by atoms with van der Waals surface area (Å²) in [5, 5.41) is 14.0. The van der Waals surface area contributed by atoms with Gasteiger partial charge in [-0.2, -0.15) is 5.10 Å². The van der Waals surface area contributed by atoms with E-state index < -0.39 is 5.97 Å². The maximum absolute atomic E-state index is 10.2. The van der Waals surface area contributed by atoms with Crippen LogP contribution < -0.4 is 5.11 Å². The molecule has 0 N–H and O–H groups in total. The van der Waals surface area contributed by atoms with Crippen LogP contribution in [0.1, 0.15) is 23.8 Å². The lowest BCUT2D eigenvalue weighted by Crippen LogP contribution is -2.23. The van der Waals surface area contributed by atoms with Crippen molar-refractivity contribution in [1.29, 1.82) is 0 Å². The Kier molecular flexibility index (Phi) is 2.25. The minimum Gasteiger partial charge on any atom is -0.543 e. The number of rotatable bonds is 3. The van der Waals surface area contributed by atoms with Crippen molar-refractivity contribution in [3.63, 3.8) is 0 Å². The van der Waals surface area contributed by atoms with Crippen LogP contribution in [0.4, 0.5) is 0 Å². The van der Waals surface area contributed by atoms with Crippen molar-refractivity contribution in [2.45, 2.75) is 19.9 Å². The molecule has 0 saturated carbocycles. The fourth-order valence-corrected chi connectivity index (χ4v) is 0.824. The Labute approximate surface area is 64.5 Å². The molecule has 0 fully saturated rings. The van der Waals surface area contributed by atoms with Gasteiger partial charge in [-0.05, 0) is 12.5 Å². The minimum atomic E-state index is -1.22. The summed E-state index contributed by atoms with van der Waals surface area (Å²) in [6.07, 6.45) is 2.57. The molecule has 0 aliphatic heterocycles. The van der Waals surface area contributed by atoms with Crippen molar-refractivity contribution in [1.82, 2.24) is 9.78 Å². The highest BCUT2D eigenvalue weighted by Crippen LogP contribution is 1.94. The predicted molar refractivity (Wildman–Crippen MR) is 36.8 cm³/mol. The van der Waals surface area contributed by atoms with E-state index in [-0.39, 0.29) is 5.69 Å². The summed E-state index contributed by atoms with van der Waals surface area (Å²) in [6.45, 7) is 2.74. The highest BCUT2D eigenvalue weighted by molar-refractivity contribution is 5.83. The molecule has 0 radical (unpaired) electrons. The van der Waals surface area contributed by atoms with Gasteiger partial charge in [0.05, 0.1) is 5.97 Å². The Bertz CT molecular complexity index is 255. The zero-order chi connectivity index (χ0) is 8.27. The average Bonchev–Trinajstić information content (AvgIpc) is 2.37. The molecule has 0 aromatic carbocycles. The Morgan fingerprint density at radius 2 is 2.55 bits per heavy atom. The number of nitrogens with zero attached hydrogens (tertiary/aromatic N) is 2. The maximum atomic E-state index is 10.2. The molecule has 11 heavy (non-hydrogen) atoms. The second-order valence-electron chi connectivity index (χ2n) is 2.25. The van der Waals surface area contributed by atoms with E-state index in [1.165, 1.54) is 6.07 Å². The van der Waals surface area contributed by atoms with Crippen LogP contribution in [0.5, 0.6) is 0 Å². The summed E-state index contributed by atoms with van der Waals surface area (Å²) >= 11 is 0. The van der Waals surface area contributed by atoms with Crippen LogP contribution in [0.3, 0.4) is 0 Å². The molecule has 0 spiro atoms. The highest BCUT2D eigenvalue weighted by Gasteiger charge is 1.96.